The molecule has 37 heavy (non-hydrogen) atoms. The molecule has 4 N–H and O–H groups in total. The zero-order chi connectivity index (χ0) is 26.6. The summed E-state index contributed by atoms with van der Waals surface area (Å²) < 4.78 is 61.3. The number of carbonyl (C=O) groups excluding carboxylic acids is 1. The molecule has 2 atom stereocenters. The molecule has 2 aliphatic carbocycles. The molecule has 1 aromatic heterocycles. The van der Waals surface area contributed by atoms with Crippen LogP contribution in [0.15, 0.2) is 24.3 Å². The number of primary amides is 1. The Morgan fingerprint density at radius 3 is 2.35 bits per heavy atom. The molecule has 3 fully saturated rings. The molecule has 1 aliphatic heterocycles. The summed E-state index contributed by atoms with van der Waals surface area (Å²) in [5.74, 6) is -0.679. The lowest BCUT2D eigenvalue weighted by Crippen LogP contribution is -2.50. The van der Waals surface area contributed by atoms with E-state index in [-0.39, 0.29) is 17.2 Å². The third-order valence-corrected chi connectivity index (χ3v) is 11.1. The molecule has 2 aromatic rings. The molecule has 1 aromatic carbocycles. The van der Waals surface area contributed by atoms with Crippen LogP contribution < -0.4 is 10.6 Å². The van der Waals surface area contributed by atoms with Gasteiger partial charge in [0, 0.05) is 35.1 Å². The molecular weight excluding hydrogens is 525 g/mol. The van der Waals surface area contributed by atoms with E-state index >= 15 is 0 Å². The number of nitriles is 1. The van der Waals surface area contributed by atoms with E-state index in [1.54, 1.807) is 24.3 Å². The van der Waals surface area contributed by atoms with Gasteiger partial charge in [-0.05, 0) is 37.8 Å². The number of halogens is 3. The van der Waals surface area contributed by atoms with E-state index in [1.807, 2.05) is 4.90 Å². The summed E-state index contributed by atoms with van der Waals surface area (Å²) in [6, 6.07) is 9.33. The molecule has 5 rings (SSSR count). The molecule has 2 saturated carbocycles. The predicted molar refractivity (Wildman–Crippen MR) is 137 cm³/mol. The number of anilines is 1. The van der Waals surface area contributed by atoms with E-state index in [4.69, 9.17) is 5.73 Å². The molecule has 12 heteroatoms. The first kappa shape index (κ1) is 26.3. The summed E-state index contributed by atoms with van der Waals surface area (Å²) >= 11 is 0.557. The van der Waals surface area contributed by atoms with Crippen LogP contribution in [0.25, 0.3) is 11.3 Å². The molecule has 200 valence electrons. The lowest BCUT2D eigenvalue weighted by Gasteiger charge is -2.45. The average molecular weight is 555 g/mol. The van der Waals surface area contributed by atoms with Crippen molar-refractivity contribution in [2.45, 2.75) is 50.6 Å². The van der Waals surface area contributed by atoms with Crippen molar-refractivity contribution in [2.75, 3.05) is 29.5 Å². The zero-order valence-corrected chi connectivity index (χ0v) is 21.8. The molecule has 3 aliphatic rings. The van der Waals surface area contributed by atoms with Crippen molar-refractivity contribution in [3.8, 4) is 17.3 Å². The average Bonchev–Trinajstić information content (AvgIpc) is 3.53. The third-order valence-electron chi connectivity index (χ3n) is 8.26. The van der Waals surface area contributed by atoms with Gasteiger partial charge in [0.2, 0.25) is 5.91 Å². The Morgan fingerprint density at radius 1 is 1.16 bits per heavy atom. The number of carbonyl (C=O) groups is 1. The Morgan fingerprint density at radius 2 is 1.81 bits per heavy atom. The number of aromatic nitrogens is 1. The highest BCUT2D eigenvalue weighted by Crippen LogP contribution is 2.68. The number of thiazole rings is 1. The molecule has 0 bridgehead atoms. The maximum atomic E-state index is 13.9. The van der Waals surface area contributed by atoms with Crippen molar-refractivity contribution in [1.82, 2.24) is 4.98 Å². The molecule has 1 amide bonds. The summed E-state index contributed by atoms with van der Waals surface area (Å²) in [4.78, 5) is 19.4. The minimum absolute atomic E-state index is 0.183. The van der Waals surface area contributed by atoms with Crippen LogP contribution in [0.5, 0.6) is 0 Å². The van der Waals surface area contributed by atoms with Gasteiger partial charge in [-0.3, -0.25) is 13.9 Å². The molecule has 1 saturated heterocycles. The topological polar surface area (TPSA) is 123 Å². The van der Waals surface area contributed by atoms with Gasteiger partial charge in [0.05, 0.1) is 34.1 Å². The van der Waals surface area contributed by atoms with Gasteiger partial charge in [0.25, 0.3) is 0 Å². The van der Waals surface area contributed by atoms with Crippen LogP contribution in [0.1, 0.15) is 54.3 Å². The second-order valence-electron chi connectivity index (χ2n) is 10.3. The second-order valence-corrected chi connectivity index (χ2v) is 13.8. The van der Waals surface area contributed by atoms with Gasteiger partial charge in [0.1, 0.15) is 0 Å². The van der Waals surface area contributed by atoms with Gasteiger partial charge >= 0.3 is 6.18 Å². The Bertz CT molecular complexity index is 1230. The minimum atomic E-state index is -4.65. The quantitative estimate of drug-likeness (QED) is 0.427. The summed E-state index contributed by atoms with van der Waals surface area (Å²) in [7, 11) is -2.55. The van der Waals surface area contributed by atoms with Gasteiger partial charge in [-0.15, -0.1) is 11.3 Å². The van der Waals surface area contributed by atoms with E-state index < -0.39 is 44.4 Å². The Kier molecular flexibility index (Phi) is 6.50. The monoisotopic (exact) mass is 554 g/mol. The van der Waals surface area contributed by atoms with Gasteiger partial charge < -0.3 is 10.6 Å². The summed E-state index contributed by atoms with van der Waals surface area (Å²) in [6.45, 7) is 0.947. The molecular formula is C25H29F3N4O3S2. The minimum Gasteiger partial charge on any atom is -0.369 e. The summed E-state index contributed by atoms with van der Waals surface area (Å²) in [5.41, 5.74) is 5.31. The van der Waals surface area contributed by atoms with E-state index in [0.717, 1.165) is 12.1 Å². The van der Waals surface area contributed by atoms with Crippen LogP contribution in [-0.4, -0.2) is 44.6 Å². The van der Waals surface area contributed by atoms with Crippen LogP contribution in [0.4, 0.5) is 18.9 Å². The maximum absolute atomic E-state index is 13.9. The molecule has 2 unspecified atom stereocenters. The number of nitrogens with zero attached hydrogens (tertiary/aromatic N) is 3. The fraction of sp³-hybridized carbons (Fsp3) is 0.560. The first-order valence-corrected chi connectivity index (χ1v) is 15.0. The number of benzene rings is 1. The maximum Gasteiger partial charge on any atom is 0.443 e. The van der Waals surface area contributed by atoms with Crippen molar-refractivity contribution in [3.63, 3.8) is 0 Å². The number of hydrogen-bond donors (Lipinski definition) is 3. The lowest BCUT2D eigenvalue weighted by atomic mass is 9.57. The number of hydrogen-bond acceptors (Lipinski definition) is 7. The van der Waals surface area contributed by atoms with E-state index in [1.165, 1.54) is 0 Å². The van der Waals surface area contributed by atoms with Gasteiger partial charge in [-0.2, -0.15) is 29.0 Å². The van der Waals surface area contributed by atoms with E-state index in [9.17, 15) is 32.3 Å². The second kappa shape index (κ2) is 9.15. The molecule has 0 radical (unpaired) electrons. The van der Waals surface area contributed by atoms with Crippen molar-refractivity contribution in [2.24, 2.45) is 16.6 Å². The van der Waals surface area contributed by atoms with E-state index in [0.29, 0.717) is 67.0 Å². The van der Waals surface area contributed by atoms with Gasteiger partial charge in [-0.25, -0.2) is 4.98 Å². The largest absolute Gasteiger partial charge is 0.443 e. The highest BCUT2D eigenvalue weighted by atomic mass is 32.3. The highest BCUT2D eigenvalue weighted by molar-refractivity contribution is 8.24. The molecule has 0 spiro atoms. The fourth-order valence-corrected chi connectivity index (χ4v) is 8.54. The first-order valence-electron chi connectivity index (χ1n) is 12.3. The van der Waals surface area contributed by atoms with Crippen molar-refractivity contribution in [3.05, 3.63) is 34.2 Å². The number of alkyl halides is 3. The number of nitrogens with two attached hydrogens (primary N) is 1. The van der Waals surface area contributed by atoms with Crippen molar-refractivity contribution >= 4 is 33.5 Å². The van der Waals surface area contributed by atoms with Crippen LogP contribution >= 0.6 is 21.9 Å². The van der Waals surface area contributed by atoms with Crippen LogP contribution in [0, 0.1) is 22.2 Å². The van der Waals surface area contributed by atoms with Gasteiger partial charge in [-0.1, -0.05) is 25.0 Å². The fourth-order valence-electron chi connectivity index (χ4n) is 6.13. The summed E-state index contributed by atoms with van der Waals surface area (Å²) in [6.07, 6.45) is -1.35. The molecule has 2 heterocycles. The third kappa shape index (κ3) is 4.50. The van der Waals surface area contributed by atoms with E-state index in [2.05, 4.69) is 11.1 Å². The predicted octanol–water partition coefficient (Wildman–Crippen LogP) is 5.83. The van der Waals surface area contributed by atoms with Crippen molar-refractivity contribution in [1.29, 1.82) is 5.26 Å². The number of rotatable bonds is 5. The van der Waals surface area contributed by atoms with Crippen LogP contribution in [0.3, 0.4) is 0 Å². The first-order chi connectivity index (χ1) is 17.4. The zero-order valence-electron chi connectivity index (χ0n) is 20.1. The summed E-state index contributed by atoms with van der Waals surface area (Å²) in [5, 5.41) is 9.03. The smallest absolute Gasteiger partial charge is 0.369 e. The SMILES string of the molecule is N#CC1(C2(C(N)=O)CCCCC2c2sc(C(F)(F)F)nc2-c2ccc(N3CCS(O)(O)CC3)cc2)CC1. The Labute approximate surface area is 218 Å². The van der Waals surface area contributed by atoms with Gasteiger partial charge in [0.15, 0.2) is 5.01 Å². The molecule has 7 nitrogen and oxygen atoms in total. The Balaban J connectivity index is 1.56. The Hall–Kier alpha value is -2.33. The standard InChI is InChI=1S/C25H29F3N4O3S2/c26-25(27,28)22-31-19(16-4-6-17(7-5-16)32-11-13-37(34,35)14-12-32)20(36-22)18-3-1-2-8-24(18,21(30)33)23(15-29)9-10-23/h4-7,18,34-35H,1-3,8-14H2,(H2,30,33). The van der Waals surface area contributed by atoms with Crippen LogP contribution in [-0.2, 0) is 11.0 Å². The van der Waals surface area contributed by atoms with Crippen molar-refractivity contribution < 1.29 is 27.1 Å². The van der Waals surface area contributed by atoms with Crippen LogP contribution in [0.2, 0.25) is 0 Å². The highest BCUT2D eigenvalue weighted by Gasteiger charge is 2.67. The number of amides is 1. The normalized spacial score (nSPS) is 27.8. The lowest BCUT2D eigenvalue weighted by molar-refractivity contribution is -0.137.